The van der Waals surface area contributed by atoms with Crippen LogP contribution in [0.4, 0.5) is 0 Å². The molecule has 0 amide bonds. The van der Waals surface area contributed by atoms with E-state index < -0.39 is 0 Å². The van der Waals surface area contributed by atoms with E-state index in [4.69, 9.17) is 0 Å². The van der Waals surface area contributed by atoms with Crippen LogP contribution in [0.1, 0.15) is 5.56 Å². The molecule has 0 aliphatic carbocycles. The molecule has 14 heavy (non-hydrogen) atoms. The summed E-state index contributed by atoms with van der Waals surface area (Å²) < 4.78 is 3.00. The first-order chi connectivity index (χ1) is 6.84. The maximum absolute atomic E-state index is 2.25. The van der Waals surface area contributed by atoms with Crippen LogP contribution in [0.5, 0.6) is 0 Å². The van der Waals surface area contributed by atoms with Crippen molar-refractivity contribution < 1.29 is 0 Å². The SMILES string of the molecule is Cc1ccc([AsH]c2ccccc2)cc1. The molecule has 0 saturated carbocycles. The van der Waals surface area contributed by atoms with Crippen LogP contribution in [0.2, 0.25) is 0 Å². The van der Waals surface area contributed by atoms with Crippen molar-refractivity contribution in [1.29, 1.82) is 0 Å². The summed E-state index contributed by atoms with van der Waals surface area (Å²) in [6.45, 7) is 2.13. The molecular formula is C13H13As. The van der Waals surface area contributed by atoms with Gasteiger partial charge in [-0.25, -0.2) is 0 Å². The van der Waals surface area contributed by atoms with Crippen molar-refractivity contribution in [3.8, 4) is 0 Å². The summed E-state index contributed by atoms with van der Waals surface area (Å²) >= 11 is -0.122. The molecule has 0 radical (unpaired) electrons. The molecule has 0 aromatic heterocycles. The fourth-order valence-electron chi connectivity index (χ4n) is 1.33. The number of benzene rings is 2. The zero-order valence-electron chi connectivity index (χ0n) is 8.20. The number of hydrogen-bond acceptors (Lipinski definition) is 0. The van der Waals surface area contributed by atoms with Gasteiger partial charge in [0.1, 0.15) is 0 Å². The summed E-state index contributed by atoms with van der Waals surface area (Å²) in [6.07, 6.45) is 0. The second-order valence-electron chi connectivity index (χ2n) is 3.36. The Kier molecular flexibility index (Phi) is 3.06. The van der Waals surface area contributed by atoms with Gasteiger partial charge in [0, 0.05) is 0 Å². The van der Waals surface area contributed by atoms with Crippen LogP contribution in [0.3, 0.4) is 0 Å². The summed E-state index contributed by atoms with van der Waals surface area (Å²) in [6, 6.07) is 19.7. The predicted octanol–water partition coefficient (Wildman–Crippen LogP) is 1.38. The van der Waals surface area contributed by atoms with Crippen molar-refractivity contribution in [2.45, 2.75) is 6.92 Å². The van der Waals surface area contributed by atoms with Crippen LogP contribution in [-0.4, -0.2) is 15.8 Å². The first-order valence-electron chi connectivity index (χ1n) is 4.73. The van der Waals surface area contributed by atoms with Crippen LogP contribution in [-0.2, 0) is 0 Å². The van der Waals surface area contributed by atoms with Crippen LogP contribution < -0.4 is 8.70 Å². The van der Waals surface area contributed by atoms with E-state index in [9.17, 15) is 0 Å². The predicted molar refractivity (Wildman–Crippen MR) is 64.0 cm³/mol. The second kappa shape index (κ2) is 4.48. The molecule has 0 heterocycles. The molecule has 70 valence electrons. The third-order valence-corrected chi connectivity index (χ3v) is 4.72. The topological polar surface area (TPSA) is 0 Å². The fraction of sp³-hybridized carbons (Fsp3) is 0.0769. The van der Waals surface area contributed by atoms with Gasteiger partial charge in [0.25, 0.3) is 0 Å². The molecule has 0 bridgehead atoms. The van der Waals surface area contributed by atoms with Gasteiger partial charge in [-0.1, -0.05) is 0 Å². The van der Waals surface area contributed by atoms with E-state index in [0.717, 1.165) is 0 Å². The minimum atomic E-state index is -0.122. The molecule has 2 rings (SSSR count). The molecular weight excluding hydrogens is 231 g/mol. The number of aryl methyl sites for hydroxylation is 1. The number of rotatable bonds is 2. The van der Waals surface area contributed by atoms with E-state index in [0.29, 0.717) is 0 Å². The molecule has 0 aliphatic rings. The zero-order chi connectivity index (χ0) is 9.80. The molecule has 0 spiro atoms. The first kappa shape index (κ1) is 9.55. The van der Waals surface area contributed by atoms with E-state index in [1.807, 2.05) is 0 Å². The third kappa shape index (κ3) is 2.49. The standard InChI is InChI=1S/C13H13As/c1-11-7-9-13(10-8-11)14-12-5-3-2-4-6-12/h2-10,14H,1H3. The maximum atomic E-state index is 2.25. The monoisotopic (exact) mass is 244 g/mol. The fourth-order valence-corrected chi connectivity index (χ4v) is 3.48. The van der Waals surface area contributed by atoms with E-state index in [-0.39, 0.29) is 15.8 Å². The van der Waals surface area contributed by atoms with Gasteiger partial charge in [-0.15, -0.1) is 0 Å². The van der Waals surface area contributed by atoms with Crippen molar-refractivity contribution in [3.05, 3.63) is 60.2 Å². The van der Waals surface area contributed by atoms with Gasteiger partial charge >= 0.3 is 91.5 Å². The van der Waals surface area contributed by atoms with Gasteiger partial charge in [0.05, 0.1) is 0 Å². The van der Waals surface area contributed by atoms with Gasteiger partial charge in [-0.3, -0.25) is 0 Å². The zero-order valence-corrected chi connectivity index (χ0v) is 10.3. The van der Waals surface area contributed by atoms with Gasteiger partial charge in [-0.2, -0.15) is 0 Å². The quantitative estimate of drug-likeness (QED) is 0.700. The van der Waals surface area contributed by atoms with Gasteiger partial charge in [0.2, 0.25) is 0 Å². The molecule has 0 N–H and O–H groups in total. The Balaban J connectivity index is 2.16. The minimum absolute atomic E-state index is 0.122. The number of hydrogen-bond donors (Lipinski definition) is 0. The second-order valence-corrected chi connectivity index (χ2v) is 6.30. The molecule has 1 heteroatoms. The van der Waals surface area contributed by atoms with E-state index in [1.54, 1.807) is 0 Å². The Bertz CT molecular complexity index is 389. The van der Waals surface area contributed by atoms with Crippen molar-refractivity contribution in [3.63, 3.8) is 0 Å². The average Bonchev–Trinajstić information content (AvgIpc) is 2.23. The molecule has 0 aliphatic heterocycles. The Morgan fingerprint density at radius 1 is 0.714 bits per heavy atom. The Morgan fingerprint density at radius 3 is 1.93 bits per heavy atom. The molecule has 1 atom stereocenters. The molecule has 1 unspecified atom stereocenters. The van der Waals surface area contributed by atoms with Gasteiger partial charge < -0.3 is 0 Å². The third-order valence-electron chi connectivity index (χ3n) is 2.11. The molecule has 0 nitrogen and oxygen atoms in total. The van der Waals surface area contributed by atoms with Gasteiger partial charge in [0.15, 0.2) is 0 Å². The van der Waals surface area contributed by atoms with Crippen LogP contribution in [0.25, 0.3) is 0 Å². The van der Waals surface area contributed by atoms with Crippen LogP contribution in [0.15, 0.2) is 54.6 Å². The summed E-state index contributed by atoms with van der Waals surface area (Å²) in [5, 5.41) is 0. The van der Waals surface area contributed by atoms with E-state index >= 15 is 0 Å². The Hall–Kier alpha value is -1.00. The Labute approximate surface area is 91.7 Å². The van der Waals surface area contributed by atoms with Crippen molar-refractivity contribution in [2.24, 2.45) is 0 Å². The summed E-state index contributed by atoms with van der Waals surface area (Å²) in [7, 11) is 0. The molecule has 0 fully saturated rings. The summed E-state index contributed by atoms with van der Waals surface area (Å²) in [4.78, 5) is 0. The average molecular weight is 244 g/mol. The van der Waals surface area contributed by atoms with Gasteiger partial charge in [-0.05, 0) is 0 Å². The molecule has 2 aromatic rings. The normalized spacial score (nSPS) is 10.9. The Morgan fingerprint density at radius 2 is 1.29 bits per heavy atom. The summed E-state index contributed by atoms with van der Waals surface area (Å²) in [5.41, 5.74) is 1.34. The van der Waals surface area contributed by atoms with E-state index in [2.05, 4.69) is 61.5 Å². The van der Waals surface area contributed by atoms with E-state index in [1.165, 1.54) is 14.3 Å². The van der Waals surface area contributed by atoms with Crippen molar-refractivity contribution >= 4 is 24.5 Å². The van der Waals surface area contributed by atoms with Crippen LogP contribution >= 0.6 is 0 Å². The first-order valence-corrected chi connectivity index (χ1v) is 6.83. The van der Waals surface area contributed by atoms with Crippen molar-refractivity contribution in [1.82, 2.24) is 0 Å². The van der Waals surface area contributed by atoms with Crippen LogP contribution in [0, 0.1) is 6.92 Å². The van der Waals surface area contributed by atoms with Crippen molar-refractivity contribution in [2.75, 3.05) is 0 Å². The summed E-state index contributed by atoms with van der Waals surface area (Å²) in [5.74, 6) is 0. The molecule has 2 aromatic carbocycles. The molecule has 0 saturated heterocycles.